The fourth-order valence-electron chi connectivity index (χ4n) is 0.704. The summed E-state index contributed by atoms with van der Waals surface area (Å²) in [5.41, 5.74) is 0. The molecule has 0 rings (SSSR count). The molecule has 0 spiro atoms. The van der Waals surface area contributed by atoms with E-state index < -0.39 is 0 Å². The third-order valence-corrected chi connectivity index (χ3v) is 1.40. The highest BCUT2D eigenvalue weighted by molar-refractivity contribution is 5.57. The van der Waals surface area contributed by atoms with E-state index in [4.69, 9.17) is 0 Å². The molecule has 0 fully saturated rings. The van der Waals surface area contributed by atoms with Crippen LogP contribution >= 0.6 is 0 Å². The lowest BCUT2D eigenvalue weighted by Gasteiger charge is -2.05. The van der Waals surface area contributed by atoms with E-state index in [0.29, 0.717) is 0 Å². The van der Waals surface area contributed by atoms with Crippen LogP contribution < -0.4 is 5.32 Å². The average molecular weight is 159 g/mol. The van der Waals surface area contributed by atoms with E-state index in [1.54, 1.807) is 0 Å². The molecule has 0 aliphatic carbocycles. The minimum absolute atomic E-state index is 0.0740. The summed E-state index contributed by atoms with van der Waals surface area (Å²) in [6.45, 7) is 6.12. The van der Waals surface area contributed by atoms with Crippen LogP contribution in [0.15, 0.2) is 0 Å². The van der Waals surface area contributed by atoms with Crippen molar-refractivity contribution in [1.29, 1.82) is 0 Å². The SMILES string of the molecule is CC.CCCC[C@@H](C=O)NC. The maximum atomic E-state index is 10.2. The fourth-order valence-corrected chi connectivity index (χ4v) is 0.704. The molecule has 0 saturated carbocycles. The van der Waals surface area contributed by atoms with Crippen molar-refractivity contribution in [1.82, 2.24) is 5.32 Å². The smallest absolute Gasteiger partial charge is 0.136 e. The van der Waals surface area contributed by atoms with Gasteiger partial charge in [0.1, 0.15) is 6.29 Å². The summed E-state index contributed by atoms with van der Waals surface area (Å²) < 4.78 is 0. The highest BCUT2D eigenvalue weighted by Crippen LogP contribution is 1.96. The van der Waals surface area contributed by atoms with Gasteiger partial charge in [0.05, 0.1) is 6.04 Å². The highest BCUT2D eigenvalue weighted by atomic mass is 16.1. The largest absolute Gasteiger partial charge is 0.311 e. The van der Waals surface area contributed by atoms with Crippen molar-refractivity contribution in [3.8, 4) is 0 Å². The van der Waals surface area contributed by atoms with Crippen molar-refractivity contribution < 1.29 is 4.79 Å². The monoisotopic (exact) mass is 159 g/mol. The van der Waals surface area contributed by atoms with Gasteiger partial charge in [-0.05, 0) is 13.5 Å². The van der Waals surface area contributed by atoms with Gasteiger partial charge in [-0.3, -0.25) is 0 Å². The molecular formula is C9H21NO. The van der Waals surface area contributed by atoms with Crippen LogP contribution in [0.25, 0.3) is 0 Å². The van der Waals surface area contributed by atoms with Crippen LogP contribution in [0.5, 0.6) is 0 Å². The standard InChI is InChI=1S/C7H15NO.C2H6/c1-3-4-5-7(6-9)8-2;1-2/h6-8H,3-5H2,1-2H3;1-2H3/t7-;/m0./s1. The van der Waals surface area contributed by atoms with Crippen molar-refractivity contribution in [3.05, 3.63) is 0 Å². The molecule has 0 aliphatic rings. The summed E-state index contributed by atoms with van der Waals surface area (Å²) in [6, 6.07) is 0.0740. The molecule has 0 amide bonds. The number of rotatable bonds is 5. The zero-order valence-electron chi connectivity index (χ0n) is 8.18. The van der Waals surface area contributed by atoms with E-state index >= 15 is 0 Å². The predicted molar refractivity (Wildman–Crippen MR) is 49.8 cm³/mol. The first-order valence-corrected chi connectivity index (χ1v) is 4.47. The first-order valence-electron chi connectivity index (χ1n) is 4.47. The van der Waals surface area contributed by atoms with Crippen LogP contribution in [0.2, 0.25) is 0 Å². The highest BCUT2D eigenvalue weighted by Gasteiger charge is 2.00. The van der Waals surface area contributed by atoms with E-state index in [1.807, 2.05) is 20.9 Å². The molecule has 68 valence electrons. The maximum absolute atomic E-state index is 10.2. The molecule has 0 bridgehead atoms. The molecule has 0 saturated heterocycles. The first-order chi connectivity index (χ1) is 5.35. The fraction of sp³-hybridized carbons (Fsp3) is 0.889. The van der Waals surface area contributed by atoms with E-state index in [9.17, 15) is 4.79 Å². The Hall–Kier alpha value is -0.370. The minimum atomic E-state index is 0.0740. The van der Waals surface area contributed by atoms with Gasteiger partial charge in [-0.25, -0.2) is 0 Å². The van der Waals surface area contributed by atoms with Gasteiger partial charge >= 0.3 is 0 Å². The van der Waals surface area contributed by atoms with Gasteiger partial charge in [0.15, 0.2) is 0 Å². The Kier molecular flexibility index (Phi) is 14.8. The molecule has 1 atom stereocenters. The summed E-state index contributed by atoms with van der Waals surface area (Å²) >= 11 is 0. The molecule has 0 aliphatic heterocycles. The van der Waals surface area contributed by atoms with Crippen LogP contribution in [0.4, 0.5) is 0 Å². The zero-order chi connectivity index (χ0) is 9.11. The average Bonchev–Trinajstić information content (AvgIpc) is 2.10. The number of hydrogen-bond acceptors (Lipinski definition) is 2. The molecule has 0 unspecified atom stereocenters. The summed E-state index contributed by atoms with van der Waals surface area (Å²) in [5.74, 6) is 0. The number of nitrogens with one attached hydrogen (secondary N) is 1. The zero-order valence-corrected chi connectivity index (χ0v) is 8.18. The van der Waals surface area contributed by atoms with Gasteiger partial charge in [-0.2, -0.15) is 0 Å². The van der Waals surface area contributed by atoms with Crippen LogP contribution in [0.3, 0.4) is 0 Å². The van der Waals surface area contributed by atoms with E-state index in [2.05, 4.69) is 12.2 Å². The van der Waals surface area contributed by atoms with Gasteiger partial charge in [0, 0.05) is 0 Å². The number of hydrogen-bond donors (Lipinski definition) is 1. The lowest BCUT2D eigenvalue weighted by atomic mass is 10.1. The third-order valence-electron chi connectivity index (χ3n) is 1.40. The van der Waals surface area contributed by atoms with Crippen LogP contribution in [0.1, 0.15) is 40.0 Å². The number of likely N-dealkylation sites (N-methyl/N-ethyl adjacent to an activating group) is 1. The Morgan fingerprint density at radius 2 is 2.00 bits per heavy atom. The summed E-state index contributed by atoms with van der Waals surface area (Å²) in [7, 11) is 1.81. The third kappa shape index (κ3) is 9.63. The summed E-state index contributed by atoms with van der Waals surface area (Å²) in [6.07, 6.45) is 4.22. The number of carbonyl (C=O) groups is 1. The van der Waals surface area contributed by atoms with Crippen molar-refractivity contribution in [2.45, 2.75) is 46.1 Å². The van der Waals surface area contributed by atoms with Crippen molar-refractivity contribution in [2.75, 3.05) is 7.05 Å². The summed E-state index contributed by atoms with van der Waals surface area (Å²) in [4.78, 5) is 10.2. The normalized spacial score (nSPS) is 11.3. The number of unbranched alkanes of at least 4 members (excludes halogenated alkanes) is 1. The Labute approximate surface area is 70.4 Å². The van der Waals surface area contributed by atoms with E-state index in [-0.39, 0.29) is 6.04 Å². The summed E-state index contributed by atoms with van der Waals surface area (Å²) in [5, 5.41) is 2.92. The Morgan fingerprint density at radius 1 is 1.45 bits per heavy atom. The van der Waals surface area contributed by atoms with Gasteiger partial charge in [0.25, 0.3) is 0 Å². The van der Waals surface area contributed by atoms with Crippen LogP contribution in [-0.2, 0) is 4.79 Å². The van der Waals surface area contributed by atoms with Crippen LogP contribution in [-0.4, -0.2) is 19.4 Å². The second kappa shape index (κ2) is 12.3. The van der Waals surface area contributed by atoms with Gasteiger partial charge < -0.3 is 10.1 Å². The Bertz CT molecular complexity index is 74.0. The molecule has 0 heterocycles. The van der Waals surface area contributed by atoms with E-state index in [0.717, 1.165) is 25.5 Å². The van der Waals surface area contributed by atoms with Gasteiger partial charge in [-0.15, -0.1) is 0 Å². The second-order valence-electron chi connectivity index (χ2n) is 2.17. The van der Waals surface area contributed by atoms with Crippen molar-refractivity contribution in [3.63, 3.8) is 0 Å². The molecule has 2 nitrogen and oxygen atoms in total. The topological polar surface area (TPSA) is 29.1 Å². The number of carbonyl (C=O) groups excluding carboxylic acids is 1. The lowest BCUT2D eigenvalue weighted by molar-refractivity contribution is -0.109. The number of aldehydes is 1. The van der Waals surface area contributed by atoms with Crippen molar-refractivity contribution in [2.24, 2.45) is 0 Å². The molecule has 1 N–H and O–H groups in total. The predicted octanol–water partition coefficient (Wildman–Crippen LogP) is 1.99. The molecule has 0 aromatic heterocycles. The minimum Gasteiger partial charge on any atom is -0.311 e. The molecular weight excluding hydrogens is 138 g/mol. The second-order valence-corrected chi connectivity index (χ2v) is 2.17. The quantitative estimate of drug-likeness (QED) is 0.621. The van der Waals surface area contributed by atoms with E-state index in [1.165, 1.54) is 0 Å². The lowest BCUT2D eigenvalue weighted by Crippen LogP contribution is -2.26. The Balaban J connectivity index is 0. The molecule has 0 radical (unpaired) electrons. The maximum Gasteiger partial charge on any atom is 0.136 e. The van der Waals surface area contributed by atoms with Gasteiger partial charge in [-0.1, -0.05) is 33.6 Å². The van der Waals surface area contributed by atoms with Crippen molar-refractivity contribution >= 4 is 6.29 Å². The van der Waals surface area contributed by atoms with Crippen LogP contribution in [0, 0.1) is 0 Å². The Morgan fingerprint density at radius 3 is 2.27 bits per heavy atom. The molecule has 0 aromatic rings. The first kappa shape index (κ1) is 13.2. The molecule has 2 heteroatoms. The molecule has 0 aromatic carbocycles. The molecule has 11 heavy (non-hydrogen) atoms. The van der Waals surface area contributed by atoms with Gasteiger partial charge in [0.2, 0.25) is 0 Å².